The summed E-state index contributed by atoms with van der Waals surface area (Å²) in [6.07, 6.45) is 0. The molecule has 0 amide bonds. The lowest BCUT2D eigenvalue weighted by molar-refractivity contribution is -0.119. The topological polar surface area (TPSA) is 29.1 Å². The van der Waals surface area contributed by atoms with Gasteiger partial charge in [0, 0.05) is 18.2 Å². The van der Waals surface area contributed by atoms with Crippen molar-refractivity contribution in [2.45, 2.75) is 20.8 Å². The molecule has 1 N–H and O–H groups in total. The second-order valence-electron chi connectivity index (χ2n) is 3.03. The average Bonchev–Trinajstić information content (AvgIpc) is 2.03. The van der Waals surface area contributed by atoms with Crippen molar-refractivity contribution in [3.8, 4) is 0 Å². The van der Waals surface area contributed by atoms with Crippen LogP contribution in [0.1, 0.15) is 20.8 Å². The second kappa shape index (κ2) is 7.62. The molecule has 0 unspecified atom stereocenters. The first-order valence-corrected chi connectivity index (χ1v) is 5.65. The maximum Gasteiger partial charge on any atom is 0.145 e. The number of nitrogens with one attached hydrogen (secondary N) is 1. The Balaban J connectivity index is 3.14. The lowest BCUT2D eigenvalue weighted by Crippen LogP contribution is -2.17. The predicted molar refractivity (Wildman–Crippen MR) is 55.7 cm³/mol. The number of Topliss-reactive ketones (excluding diaryl/α,β-unsaturated/α-hetero) is 1. The summed E-state index contributed by atoms with van der Waals surface area (Å²) in [7, 11) is 0. The molecular weight excluding hydrogens is 170 g/mol. The summed E-state index contributed by atoms with van der Waals surface area (Å²) in [5.41, 5.74) is 0. The summed E-state index contributed by atoms with van der Waals surface area (Å²) in [6.45, 7) is 8.01. The van der Waals surface area contributed by atoms with Crippen molar-refractivity contribution in [1.82, 2.24) is 5.32 Å². The van der Waals surface area contributed by atoms with Gasteiger partial charge in [0.25, 0.3) is 0 Å². The number of carbonyl (C=O) groups is 1. The normalized spacial score (nSPS) is 10.7. The maximum absolute atomic E-state index is 11.1. The van der Waals surface area contributed by atoms with Crippen LogP contribution in [0.5, 0.6) is 0 Å². The molecule has 0 heterocycles. The van der Waals surface area contributed by atoms with E-state index in [9.17, 15) is 4.79 Å². The quantitative estimate of drug-likeness (QED) is 0.616. The van der Waals surface area contributed by atoms with E-state index in [0.29, 0.717) is 11.5 Å². The number of hydrogen-bond donors (Lipinski definition) is 1. The van der Waals surface area contributed by atoms with E-state index in [4.69, 9.17) is 0 Å². The summed E-state index contributed by atoms with van der Waals surface area (Å²) < 4.78 is 0. The highest BCUT2D eigenvalue weighted by Crippen LogP contribution is 2.04. The molecule has 0 fully saturated rings. The van der Waals surface area contributed by atoms with Gasteiger partial charge < -0.3 is 5.32 Å². The van der Waals surface area contributed by atoms with Crippen LogP contribution < -0.4 is 5.32 Å². The zero-order chi connectivity index (χ0) is 9.40. The van der Waals surface area contributed by atoms with Gasteiger partial charge in [-0.3, -0.25) is 4.79 Å². The van der Waals surface area contributed by atoms with Crippen LogP contribution >= 0.6 is 11.8 Å². The molecule has 72 valence electrons. The third-order valence-corrected chi connectivity index (χ3v) is 2.54. The van der Waals surface area contributed by atoms with Crippen molar-refractivity contribution in [3.05, 3.63) is 0 Å². The molecular formula is C9H19NOS. The Morgan fingerprint density at radius 1 is 1.50 bits per heavy atom. The van der Waals surface area contributed by atoms with Crippen LogP contribution in [0, 0.1) is 5.92 Å². The monoisotopic (exact) mass is 189 g/mol. The number of hydrogen-bond acceptors (Lipinski definition) is 3. The minimum atomic E-state index is 0.191. The molecule has 0 spiro atoms. The van der Waals surface area contributed by atoms with Crippen molar-refractivity contribution in [2.75, 3.05) is 24.6 Å². The molecule has 0 aliphatic carbocycles. The van der Waals surface area contributed by atoms with Gasteiger partial charge in [0.2, 0.25) is 0 Å². The fourth-order valence-corrected chi connectivity index (χ4v) is 1.63. The first-order valence-electron chi connectivity index (χ1n) is 4.49. The second-order valence-corrected chi connectivity index (χ2v) is 4.13. The van der Waals surface area contributed by atoms with Crippen molar-refractivity contribution < 1.29 is 4.79 Å². The van der Waals surface area contributed by atoms with Gasteiger partial charge >= 0.3 is 0 Å². The van der Waals surface area contributed by atoms with Gasteiger partial charge in [0.1, 0.15) is 5.78 Å². The first-order chi connectivity index (χ1) is 5.68. The van der Waals surface area contributed by atoms with Crippen LogP contribution in [0.2, 0.25) is 0 Å². The van der Waals surface area contributed by atoms with Gasteiger partial charge in [0.05, 0.1) is 5.75 Å². The molecule has 2 nitrogen and oxygen atoms in total. The maximum atomic E-state index is 11.1. The molecule has 12 heavy (non-hydrogen) atoms. The van der Waals surface area contributed by atoms with E-state index < -0.39 is 0 Å². The Morgan fingerprint density at radius 2 is 2.17 bits per heavy atom. The Kier molecular flexibility index (Phi) is 7.61. The fraction of sp³-hybridized carbons (Fsp3) is 0.889. The minimum Gasteiger partial charge on any atom is -0.316 e. The summed E-state index contributed by atoms with van der Waals surface area (Å²) in [5.74, 6) is 2.25. The summed E-state index contributed by atoms with van der Waals surface area (Å²) in [6, 6.07) is 0. The Morgan fingerprint density at radius 3 is 2.67 bits per heavy atom. The highest BCUT2D eigenvalue weighted by atomic mass is 32.2. The van der Waals surface area contributed by atoms with E-state index in [1.165, 1.54) is 0 Å². The molecule has 0 saturated carbocycles. The molecule has 0 rings (SSSR count). The van der Waals surface area contributed by atoms with E-state index in [-0.39, 0.29) is 5.92 Å². The average molecular weight is 189 g/mol. The highest BCUT2D eigenvalue weighted by Gasteiger charge is 2.05. The molecule has 0 aliphatic heterocycles. The zero-order valence-corrected chi connectivity index (χ0v) is 9.04. The van der Waals surface area contributed by atoms with Crippen LogP contribution in [-0.4, -0.2) is 30.4 Å². The number of thioether (sulfide) groups is 1. The number of ketones is 1. The van der Waals surface area contributed by atoms with Crippen molar-refractivity contribution in [1.29, 1.82) is 0 Å². The molecule has 0 radical (unpaired) electrons. The molecule has 0 saturated heterocycles. The van der Waals surface area contributed by atoms with E-state index in [1.807, 2.05) is 13.8 Å². The van der Waals surface area contributed by atoms with Gasteiger partial charge in [-0.05, 0) is 6.54 Å². The van der Waals surface area contributed by atoms with Crippen LogP contribution in [-0.2, 0) is 4.79 Å². The molecule has 0 atom stereocenters. The summed E-state index contributed by atoms with van der Waals surface area (Å²) in [4.78, 5) is 11.1. The van der Waals surface area contributed by atoms with Crippen molar-refractivity contribution in [2.24, 2.45) is 5.92 Å². The molecule has 0 aromatic rings. The van der Waals surface area contributed by atoms with E-state index >= 15 is 0 Å². The molecule has 0 bridgehead atoms. The van der Waals surface area contributed by atoms with Crippen molar-refractivity contribution >= 4 is 17.5 Å². The third-order valence-electron chi connectivity index (χ3n) is 1.56. The molecule has 0 aliphatic rings. The van der Waals surface area contributed by atoms with E-state index in [1.54, 1.807) is 11.8 Å². The standard InChI is InChI=1S/C9H19NOS/c1-4-10-5-6-12-7-9(11)8(2)3/h8,10H,4-7H2,1-3H3. The molecule has 0 aromatic carbocycles. The van der Waals surface area contributed by atoms with Gasteiger partial charge in [-0.2, -0.15) is 11.8 Å². The summed E-state index contributed by atoms with van der Waals surface area (Å²) in [5, 5.41) is 3.22. The lowest BCUT2D eigenvalue weighted by atomic mass is 10.1. The minimum absolute atomic E-state index is 0.191. The number of rotatable bonds is 7. The Labute approximate surface area is 79.5 Å². The Hall–Kier alpha value is -0.0200. The van der Waals surface area contributed by atoms with Crippen LogP contribution in [0.3, 0.4) is 0 Å². The zero-order valence-electron chi connectivity index (χ0n) is 8.22. The lowest BCUT2D eigenvalue weighted by Gasteiger charge is -2.03. The van der Waals surface area contributed by atoms with Crippen LogP contribution in [0.25, 0.3) is 0 Å². The number of carbonyl (C=O) groups excluding carboxylic acids is 1. The smallest absolute Gasteiger partial charge is 0.145 e. The van der Waals surface area contributed by atoms with Crippen LogP contribution in [0.15, 0.2) is 0 Å². The fourth-order valence-electron chi connectivity index (χ4n) is 0.661. The van der Waals surface area contributed by atoms with Gasteiger partial charge in [0.15, 0.2) is 0 Å². The van der Waals surface area contributed by atoms with E-state index in [2.05, 4.69) is 12.2 Å². The Bertz CT molecular complexity index is 126. The molecule has 0 aromatic heterocycles. The SMILES string of the molecule is CCNCCSCC(=O)C(C)C. The van der Waals surface area contributed by atoms with E-state index in [0.717, 1.165) is 18.8 Å². The van der Waals surface area contributed by atoms with Gasteiger partial charge in [-0.15, -0.1) is 0 Å². The van der Waals surface area contributed by atoms with Gasteiger partial charge in [-0.1, -0.05) is 20.8 Å². The molecule has 3 heteroatoms. The van der Waals surface area contributed by atoms with Crippen molar-refractivity contribution in [3.63, 3.8) is 0 Å². The predicted octanol–water partition coefficient (Wildman–Crippen LogP) is 1.55. The summed E-state index contributed by atoms with van der Waals surface area (Å²) >= 11 is 1.72. The first kappa shape index (κ1) is 12.0. The van der Waals surface area contributed by atoms with Crippen LogP contribution in [0.4, 0.5) is 0 Å². The largest absolute Gasteiger partial charge is 0.316 e. The van der Waals surface area contributed by atoms with Gasteiger partial charge in [-0.25, -0.2) is 0 Å². The highest BCUT2D eigenvalue weighted by molar-refractivity contribution is 7.99. The third kappa shape index (κ3) is 6.68.